The summed E-state index contributed by atoms with van der Waals surface area (Å²) in [5, 5.41) is 1.11. The summed E-state index contributed by atoms with van der Waals surface area (Å²) >= 11 is 0. The maximum Gasteiger partial charge on any atom is 0.418 e. The molecule has 0 aliphatic carbocycles. The van der Waals surface area contributed by atoms with Crippen LogP contribution in [0, 0.1) is 0 Å². The van der Waals surface area contributed by atoms with Crippen molar-refractivity contribution in [2.75, 3.05) is 6.54 Å². The number of rotatable bonds is 4. The number of para-hydroxylation sites is 1. The van der Waals surface area contributed by atoms with Crippen molar-refractivity contribution in [3.8, 4) is 11.3 Å². The zero-order chi connectivity index (χ0) is 23.9. The van der Waals surface area contributed by atoms with Gasteiger partial charge in [-0.3, -0.25) is 14.3 Å². The summed E-state index contributed by atoms with van der Waals surface area (Å²) < 4.78 is 7.02. The number of hydrogen-bond acceptors (Lipinski definition) is 4. The van der Waals surface area contributed by atoms with E-state index in [2.05, 4.69) is 6.07 Å². The summed E-state index contributed by atoms with van der Waals surface area (Å²) in [6.45, 7) is 6.62. The highest BCUT2D eigenvalue weighted by molar-refractivity contribution is 6.04. The number of amides is 1. The highest BCUT2D eigenvalue weighted by atomic mass is 16.6. The Kier molecular flexibility index (Phi) is 5.44. The maximum absolute atomic E-state index is 13.4. The van der Waals surface area contributed by atoms with Gasteiger partial charge in [0, 0.05) is 42.4 Å². The fourth-order valence-electron chi connectivity index (χ4n) is 4.38. The molecule has 0 radical (unpaired) electrons. The molecule has 4 aromatic rings. The zero-order valence-electron chi connectivity index (χ0n) is 19.6. The first kappa shape index (κ1) is 21.9. The molecule has 2 aromatic heterocycles. The molecule has 0 saturated carbocycles. The molecule has 0 N–H and O–H groups in total. The number of ether oxygens (including phenoxy) is 1. The minimum absolute atomic E-state index is 0.0247. The summed E-state index contributed by atoms with van der Waals surface area (Å²) in [5.74, 6) is -0.0247. The number of aromatic nitrogens is 2. The SMILES string of the molecule is CC(C)(C)OC(=O)n1cccc1-c1cccc2c1C(=O)N(CCc1ccc3ccccc3n1)C2. The molecule has 34 heavy (non-hydrogen) atoms. The van der Waals surface area contributed by atoms with E-state index in [1.165, 1.54) is 4.57 Å². The van der Waals surface area contributed by atoms with Crippen LogP contribution in [0.25, 0.3) is 22.2 Å². The number of hydrogen-bond donors (Lipinski definition) is 0. The van der Waals surface area contributed by atoms with Crippen LogP contribution in [0.4, 0.5) is 4.79 Å². The fraction of sp³-hybridized carbons (Fsp3) is 0.250. The van der Waals surface area contributed by atoms with Gasteiger partial charge in [0.1, 0.15) is 5.60 Å². The second-order valence-electron chi connectivity index (χ2n) is 9.56. The lowest BCUT2D eigenvalue weighted by Gasteiger charge is -2.21. The van der Waals surface area contributed by atoms with Crippen LogP contribution in [0.15, 0.2) is 72.9 Å². The Morgan fingerprint density at radius 3 is 2.65 bits per heavy atom. The third-order valence-corrected chi connectivity index (χ3v) is 5.92. The normalized spacial score (nSPS) is 13.4. The molecule has 0 atom stereocenters. The molecule has 172 valence electrons. The van der Waals surface area contributed by atoms with Gasteiger partial charge in [-0.15, -0.1) is 0 Å². The van der Waals surface area contributed by atoms with Crippen molar-refractivity contribution in [2.24, 2.45) is 0 Å². The quantitative estimate of drug-likeness (QED) is 0.398. The van der Waals surface area contributed by atoms with E-state index in [1.54, 1.807) is 12.3 Å². The Morgan fingerprint density at radius 1 is 1.00 bits per heavy atom. The van der Waals surface area contributed by atoms with E-state index in [0.29, 0.717) is 30.8 Å². The average molecular weight is 454 g/mol. The molecule has 0 bridgehead atoms. The second-order valence-corrected chi connectivity index (χ2v) is 9.56. The minimum atomic E-state index is -0.610. The van der Waals surface area contributed by atoms with Gasteiger partial charge in [0.25, 0.3) is 5.91 Å². The second kappa shape index (κ2) is 8.45. The molecule has 0 fully saturated rings. The highest BCUT2D eigenvalue weighted by Gasteiger charge is 2.31. The molecule has 3 heterocycles. The standard InChI is InChI=1S/C28H27N3O3/c1-28(2,3)34-27(33)31-16-7-12-24(31)22-10-6-9-20-18-30(26(32)25(20)22)17-15-21-14-13-19-8-4-5-11-23(19)29-21/h4-14,16H,15,17-18H2,1-3H3. The Balaban J connectivity index is 1.38. The number of carbonyl (C=O) groups is 2. The summed E-state index contributed by atoms with van der Waals surface area (Å²) in [6.07, 6.45) is 1.88. The lowest BCUT2D eigenvalue weighted by Crippen LogP contribution is -2.28. The van der Waals surface area contributed by atoms with Gasteiger partial charge in [-0.25, -0.2) is 4.79 Å². The van der Waals surface area contributed by atoms with Gasteiger partial charge < -0.3 is 9.64 Å². The fourth-order valence-corrected chi connectivity index (χ4v) is 4.38. The summed E-state index contributed by atoms with van der Waals surface area (Å²) in [5.41, 5.74) is 4.31. The van der Waals surface area contributed by atoms with Crippen LogP contribution in [0.1, 0.15) is 42.4 Å². The predicted octanol–water partition coefficient (Wildman–Crippen LogP) is 5.69. The van der Waals surface area contributed by atoms with Crippen molar-refractivity contribution in [3.63, 3.8) is 0 Å². The first-order valence-electron chi connectivity index (χ1n) is 11.5. The topological polar surface area (TPSA) is 64.4 Å². The smallest absolute Gasteiger partial charge is 0.418 e. The molecule has 6 heteroatoms. The van der Waals surface area contributed by atoms with E-state index in [4.69, 9.17) is 9.72 Å². The van der Waals surface area contributed by atoms with Crippen LogP contribution in [-0.4, -0.2) is 38.6 Å². The van der Waals surface area contributed by atoms with E-state index in [1.807, 2.05) is 80.3 Å². The van der Waals surface area contributed by atoms with Crippen LogP contribution in [0.5, 0.6) is 0 Å². The van der Waals surface area contributed by atoms with Crippen molar-refractivity contribution in [3.05, 3.63) is 89.7 Å². The first-order chi connectivity index (χ1) is 16.3. The van der Waals surface area contributed by atoms with Crippen LogP contribution >= 0.6 is 0 Å². The van der Waals surface area contributed by atoms with E-state index >= 15 is 0 Å². The van der Waals surface area contributed by atoms with E-state index in [0.717, 1.165) is 27.7 Å². The average Bonchev–Trinajstić information content (AvgIpc) is 3.41. The molecule has 0 spiro atoms. The molecule has 0 unspecified atom stereocenters. The molecule has 6 nitrogen and oxygen atoms in total. The van der Waals surface area contributed by atoms with Crippen molar-refractivity contribution in [1.29, 1.82) is 0 Å². The lowest BCUT2D eigenvalue weighted by atomic mass is 10.0. The van der Waals surface area contributed by atoms with Gasteiger partial charge in [0.05, 0.1) is 16.8 Å². The number of pyridine rings is 1. The van der Waals surface area contributed by atoms with Crippen LogP contribution in [0.3, 0.4) is 0 Å². The maximum atomic E-state index is 13.4. The third-order valence-electron chi connectivity index (χ3n) is 5.92. The molecule has 1 aliphatic rings. The highest BCUT2D eigenvalue weighted by Crippen LogP contribution is 2.33. The van der Waals surface area contributed by atoms with Crippen molar-refractivity contribution in [1.82, 2.24) is 14.5 Å². The van der Waals surface area contributed by atoms with Crippen LogP contribution in [0.2, 0.25) is 0 Å². The molecule has 0 saturated heterocycles. The number of benzene rings is 2. The Hall–Kier alpha value is -3.93. The molecule has 1 amide bonds. The van der Waals surface area contributed by atoms with Crippen LogP contribution < -0.4 is 0 Å². The van der Waals surface area contributed by atoms with E-state index < -0.39 is 11.7 Å². The number of nitrogens with zero attached hydrogens (tertiary/aromatic N) is 3. The van der Waals surface area contributed by atoms with Crippen LogP contribution in [-0.2, 0) is 17.7 Å². The van der Waals surface area contributed by atoms with Gasteiger partial charge in [-0.2, -0.15) is 0 Å². The summed E-state index contributed by atoms with van der Waals surface area (Å²) in [7, 11) is 0. The minimum Gasteiger partial charge on any atom is -0.443 e. The van der Waals surface area contributed by atoms with Gasteiger partial charge in [0.2, 0.25) is 0 Å². The van der Waals surface area contributed by atoms with Gasteiger partial charge in [-0.05, 0) is 50.6 Å². The first-order valence-corrected chi connectivity index (χ1v) is 11.5. The molecule has 1 aliphatic heterocycles. The van der Waals surface area contributed by atoms with Gasteiger partial charge in [-0.1, -0.05) is 42.5 Å². The van der Waals surface area contributed by atoms with Gasteiger partial charge in [0.15, 0.2) is 0 Å². The monoisotopic (exact) mass is 453 g/mol. The molecular formula is C28H27N3O3. The Morgan fingerprint density at radius 2 is 1.82 bits per heavy atom. The van der Waals surface area contributed by atoms with Crippen molar-refractivity contribution in [2.45, 2.75) is 39.3 Å². The Labute approximate surface area is 198 Å². The largest absolute Gasteiger partial charge is 0.443 e. The Bertz CT molecular complexity index is 1400. The lowest BCUT2D eigenvalue weighted by molar-refractivity contribution is 0.0539. The summed E-state index contributed by atoms with van der Waals surface area (Å²) in [6, 6.07) is 21.6. The molecule has 5 rings (SSSR count). The molecule has 2 aromatic carbocycles. The summed E-state index contributed by atoms with van der Waals surface area (Å²) in [4.78, 5) is 32.8. The van der Waals surface area contributed by atoms with E-state index in [-0.39, 0.29) is 5.91 Å². The van der Waals surface area contributed by atoms with E-state index in [9.17, 15) is 9.59 Å². The zero-order valence-corrected chi connectivity index (χ0v) is 19.6. The van der Waals surface area contributed by atoms with Gasteiger partial charge >= 0.3 is 6.09 Å². The molecular weight excluding hydrogens is 426 g/mol. The van der Waals surface area contributed by atoms with Crippen molar-refractivity contribution >= 4 is 22.9 Å². The van der Waals surface area contributed by atoms with Crippen molar-refractivity contribution < 1.29 is 14.3 Å². The third kappa shape index (κ3) is 4.19. The predicted molar refractivity (Wildman–Crippen MR) is 132 cm³/mol. The number of carbonyl (C=O) groups excluding carboxylic acids is 2. The number of fused-ring (bicyclic) bond motifs is 2.